The molecule has 3 heterocycles. The van der Waals surface area contributed by atoms with Crippen molar-refractivity contribution in [1.29, 1.82) is 0 Å². The zero-order valence-corrected chi connectivity index (χ0v) is 26.5. The summed E-state index contributed by atoms with van der Waals surface area (Å²) in [6.45, 7) is 2.33. The van der Waals surface area contributed by atoms with Crippen molar-refractivity contribution in [2.24, 2.45) is 11.8 Å². The molecule has 244 valence electrons. The van der Waals surface area contributed by atoms with Crippen LogP contribution in [0, 0.1) is 11.8 Å². The van der Waals surface area contributed by atoms with E-state index in [1.807, 2.05) is 13.0 Å². The van der Waals surface area contributed by atoms with Gasteiger partial charge in [0.15, 0.2) is 6.23 Å². The van der Waals surface area contributed by atoms with E-state index in [2.05, 4.69) is 17.4 Å². The number of hydrogen-bond acceptors (Lipinski definition) is 9. The number of nitrogens with one attached hydrogen (secondary N) is 1. The SMILES string of the molecule is CCOc1cc2c3cc(ccc3n1)CCC[C@@H]1CCC[C@H]1OC(=O)N[C@@H](C1CCCC1)C(=O)N1C(OC)[C@@H](C[C@H]1C(=O)OC)O2. The summed E-state index contributed by atoms with van der Waals surface area (Å²) in [5, 5.41) is 3.77. The number of pyridine rings is 1. The minimum atomic E-state index is -0.963. The van der Waals surface area contributed by atoms with Gasteiger partial charge in [-0.15, -0.1) is 0 Å². The van der Waals surface area contributed by atoms with Gasteiger partial charge in [0, 0.05) is 25.0 Å². The van der Waals surface area contributed by atoms with Crippen LogP contribution in [-0.2, 0) is 30.2 Å². The summed E-state index contributed by atoms with van der Waals surface area (Å²) >= 11 is 0. The first-order chi connectivity index (χ1) is 21.9. The Morgan fingerprint density at radius 3 is 2.51 bits per heavy atom. The van der Waals surface area contributed by atoms with Gasteiger partial charge in [0.25, 0.3) is 0 Å². The van der Waals surface area contributed by atoms with Crippen molar-refractivity contribution in [3.05, 3.63) is 29.8 Å². The van der Waals surface area contributed by atoms with Crippen LogP contribution in [0.1, 0.15) is 76.7 Å². The standard InChI is InChI=1S/C34H45N3O8/c1-4-43-29-19-27-23-17-20(15-16-24(23)35-29)9-7-12-21-13-8-14-26(21)45-34(40)36-30(22-10-5-6-11-22)31(38)37-25(33(39)42-3)18-28(44-27)32(37)41-2/h15-17,19,21-22,25-26,28,30,32H,4-14,18H2,1-3H3,(H,36,40)/t21-,25+,26-,28-,30+,32?/m1/s1. The van der Waals surface area contributed by atoms with Crippen LogP contribution >= 0.6 is 0 Å². The predicted molar refractivity (Wildman–Crippen MR) is 165 cm³/mol. The Morgan fingerprint density at radius 1 is 0.978 bits per heavy atom. The molecular weight excluding hydrogens is 578 g/mol. The van der Waals surface area contributed by atoms with Gasteiger partial charge in [-0.2, -0.15) is 0 Å². The number of fused-ring (bicyclic) bond motifs is 4. The number of methoxy groups -OCH3 is 2. The number of nitrogens with zero attached hydrogens (tertiary/aromatic N) is 2. The Balaban J connectivity index is 1.43. The number of amides is 2. The van der Waals surface area contributed by atoms with E-state index >= 15 is 0 Å². The molecule has 1 aromatic heterocycles. The molecule has 1 saturated heterocycles. The zero-order chi connectivity index (χ0) is 31.5. The number of carbonyl (C=O) groups is 3. The fraction of sp³-hybridized carbons (Fsp3) is 0.647. The van der Waals surface area contributed by atoms with Crippen molar-refractivity contribution in [2.75, 3.05) is 20.8 Å². The maximum atomic E-state index is 14.5. The minimum Gasteiger partial charge on any atom is -0.485 e. The van der Waals surface area contributed by atoms with Gasteiger partial charge < -0.3 is 29.0 Å². The summed E-state index contributed by atoms with van der Waals surface area (Å²) in [5.41, 5.74) is 1.87. The number of aromatic nitrogens is 1. The Hall–Kier alpha value is -3.60. The van der Waals surface area contributed by atoms with Gasteiger partial charge in [0.05, 0.1) is 19.2 Å². The van der Waals surface area contributed by atoms with E-state index < -0.39 is 42.4 Å². The van der Waals surface area contributed by atoms with E-state index in [0.29, 0.717) is 18.2 Å². The van der Waals surface area contributed by atoms with Gasteiger partial charge in [-0.3, -0.25) is 9.69 Å². The molecule has 45 heavy (non-hydrogen) atoms. The molecule has 1 unspecified atom stereocenters. The van der Waals surface area contributed by atoms with Crippen LogP contribution < -0.4 is 14.8 Å². The molecule has 4 aliphatic rings. The first-order valence-corrected chi connectivity index (χ1v) is 16.5. The number of ether oxygens (including phenoxy) is 5. The van der Waals surface area contributed by atoms with Crippen molar-refractivity contribution >= 4 is 28.9 Å². The molecule has 1 N–H and O–H groups in total. The van der Waals surface area contributed by atoms with Gasteiger partial charge >= 0.3 is 12.1 Å². The van der Waals surface area contributed by atoms with Crippen LogP contribution in [0.4, 0.5) is 4.79 Å². The first kappa shape index (κ1) is 31.4. The summed E-state index contributed by atoms with van der Waals surface area (Å²) in [4.78, 5) is 47.2. The average Bonchev–Trinajstić information content (AvgIpc) is 3.80. The van der Waals surface area contributed by atoms with Gasteiger partial charge in [-0.05, 0) is 87.8 Å². The smallest absolute Gasteiger partial charge is 0.408 e. The van der Waals surface area contributed by atoms with Gasteiger partial charge in [-0.1, -0.05) is 18.9 Å². The highest BCUT2D eigenvalue weighted by Crippen LogP contribution is 2.38. The molecule has 1 aromatic carbocycles. The maximum Gasteiger partial charge on any atom is 0.408 e. The van der Waals surface area contributed by atoms with Crippen LogP contribution in [-0.4, -0.2) is 79.2 Å². The van der Waals surface area contributed by atoms with E-state index in [0.717, 1.165) is 80.7 Å². The fourth-order valence-electron chi connectivity index (χ4n) is 7.85. The molecule has 11 nitrogen and oxygen atoms in total. The summed E-state index contributed by atoms with van der Waals surface area (Å²) in [6.07, 6.45) is 6.86. The lowest BCUT2D eigenvalue weighted by atomic mass is 9.96. The average molecular weight is 624 g/mol. The molecular formula is C34H45N3O8. The lowest BCUT2D eigenvalue weighted by Crippen LogP contribution is -2.58. The quantitative estimate of drug-likeness (QED) is 0.462. The molecule has 6 rings (SSSR count). The van der Waals surface area contributed by atoms with Crippen molar-refractivity contribution in [1.82, 2.24) is 15.2 Å². The lowest BCUT2D eigenvalue weighted by molar-refractivity contribution is -0.161. The number of hydrogen-bond donors (Lipinski definition) is 1. The van der Waals surface area contributed by atoms with Crippen LogP contribution in [0.15, 0.2) is 24.3 Å². The molecule has 2 amide bonds. The molecule has 6 atom stereocenters. The summed E-state index contributed by atoms with van der Waals surface area (Å²) in [5.74, 6) is 0.193. The molecule has 4 bridgehead atoms. The number of carbonyl (C=O) groups excluding carboxylic acids is 3. The van der Waals surface area contributed by atoms with Crippen molar-refractivity contribution in [3.8, 4) is 11.6 Å². The van der Waals surface area contributed by atoms with E-state index in [1.54, 1.807) is 6.07 Å². The number of alkyl carbamates (subject to hydrolysis) is 1. The van der Waals surface area contributed by atoms with Gasteiger partial charge in [0.2, 0.25) is 11.8 Å². The van der Waals surface area contributed by atoms with Crippen LogP contribution in [0.25, 0.3) is 10.9 Å². The predicted octanol–water partition coefficient (Wildman–Crippen LogP) is 4.92. The zero-order valence-electron chi connectivity index (χ0n) is 26.5. The summed E-state index contributed by atoms with van der Waals surface area (Å²) in [6, 6.07) is 6.09. The Morgan fingerprint density at radius 2 is 1.76 bits per heavy atom. The molecule has 2 aromatic rings. The number of benzene rings is 1. The Labute approximate surface area is 264 Å². The van der Waals surface area contributed by atoms with E-state index in [9.17, 15) is 14.4 Å². The second kappa shape index (κ2) is 13.8. The second-order valence-corrected chi connectivity index (χ2v) is 12.7. The van der Waals surface area contributed by atoms with Crippen molar-refractivity contribution in [2.45, 2.75) is 108 Å². The molecule has 3 fully saturated rings. The molecule has 2 saturated carbocycles. The molecule has 2 aliphatic carbocycles. The van der Waals surface area contributed by atoms with E-state index in [-0.39, 0.29) is 24.4 Å². The lowest BCUT2D eigenvalue weighted by Gasteiger charge is -2.34. The normalized spacial score (nSPS) is 29.4. The molecule has 2 aliphatic heterocycles. The maximum absolute atomic E-state index is 14.5. The van der Waals surface area contributed by atoms with Gasteiger partial charge in [-0.25, -0.2) is 14.6 Å². The second-order valence-electron chi connectivity index (χ2n) is 12.7. The Bertz CT molecular complexity index is 1400. The van der Waals surface area contributed by atoms with E-state index in [4.69, 9.17) is 28.7 Å². The third kappa shape index (κ3) is 6.55. The summed E-state index contributed by atoms with van der Waals surface area (Å²) in [7, 11) is 2.80. The molecule has 11 heteroatoms. The van der Waals surface area contributed by atoms with Crippen LogP contribution in [0.5, 0.6) is 11.6 Å². The van der Waals surface area contributed by atoms with Crippen molar-refractivity contribution < 1.29 is 38.1 Å². The summed E-state index contributed by atoms with van der Waals surface area (Å²) < 4.78 is 29.5. The highest BCUT2D eigenvalue weighted by atomic mass is 16.6. The number of aryl methyl sites for hydroxylation is 1. The monoisotopic (exact) mass is 623 g/mol. The van der Waals surface area contributed by atoms with Crippen LogP contribution in [0.2, 0.25) is 0 Å². The molecule has 0 spiro atoms. The van der Waals surface area contributed by atoms with E-state index in [1.165, 1.54) is 19.1 Å². The molecule has 0 radical (unpaired) electrons. The van der Waals surface area contributed by atoms with Gasteiger partial charge in [0.1, 0.15) is 30.0 Å². The number of rotatable bonds is 5. The minimum absolute atomic E-state index is 0.0814. The number of esters is 1. The topological polar surface area (TPSA) is 126 Å². The van der Waals surface area contributed by atoms with Crippen molar-refractivity contribution in [3.63, 3.8) is 0 Å². The van der Waals surface area contributed by atoms with Crippen LogP contribution in [0.3, 0.4) is 0 Å². The largest absolute Gasteiger partial charge is 0.485 e. The highest BCUT2D eigenvalue weighted by Gasteiger charge is 2.52. The first-order valence-electron chi connectivity index (χ1n) is 16.5. The Kier molecular flexibility index (Phi) is 9.63. The third-order valence-corrected chi connectivity index (χ3v) is 10.0. The fourth-order valence-corrected chi connectivity index (χ4v) is 7.85. The third-order valence-electron chi connectivity index (χ3n) is 10.0. The highest BCUT2D eigenvalue weighted by molar-refractivity contribution is 5.91.